The zero-order valence-corrected chi connectivity index (χ0v) is 13.7. The van der Waals surface area contributed by atoms with Gasteiger partial charge in [0, 0.05) is 18.9 Å². The van der Waals surface area contributed by atoms with Crippen LogP contribution in [0.15, 0.2) is 41.1 Å². The van der Waals surface area contributed by atoms with Gasteiger partial charge in [-0.2, -0.15) is 0 Å². The highest BCUT2D eigenvalue weighted by atomic mass is 16.3. The van der Waals surface area contributed by atoms with Crippen LogP contribution in [0.2, 0.25) is 0 Å². The first-order valence-electron chi connectivity index (χ1n) is 8.09. The molecule has 1 aliphatic heterocycles. The second kappa shape index (κ2) is 7.35. The summed E-state index contributed by atoms with van der Waals surface area (Å²) >= 11 is 0. The first-order valence-corrected chi connectivity index (χ1v) is 8.09. The fourth-order valence-electron chi connectivity index (χ4n) is 3.15. The van der Waals surface area contributed by atoms with Gasteiger partial charge in [-0.15, -0.1) is 0 Å². The maximum Gasteiger partial charge on any atom is 0.321 e. The van der Waals surface area contributed by atoms with E-state index in [9.17, 15) is 9.59 Å². The van der Waals surface area contributed by atoms with E-state index in [0.717, 1.165) is 19.4 Å². The Labute approximate surface area is 140 Å². The number of nitrogens with one attached hydrogen (secondary N) is 2. The molecule has 0 unspecified atom stereocenters. The average molecular weight is 330 g/mol. The molecule has 0 spiro atoms. The standard InChI is InChI=1S/C17H22N4O3/c1-20-8-2-6-14(20)15-7-3-9-21(15)12-16(22)19-17(23)18-11-13-5-4-10-24-13/h2,4-6,8,10,15H,3,7,9,11-12H2,1H3,(H2,18,19,22,23)/t15-/m1/s1. The summed E-state index contributed by atoms with van der Waals surface area (Å²) in [4.78, 5) is 26.0. The number of hydrogen-bond donors (Lipinski definition) is 2. The molecule has 1 fully saturated rings. The Morgan fingerprint density at radius 1 is 1.33 bits per heavy atom. The molecule has 0 aliphatic carbocycles. The Balaban J connectivity index is 1.49. The van der Waals surface area contributed by atoms with Gasteiger partial charge in [-0.05, 0) is 43.7 Å². The van der Waals surface area contributed by atoms with E-state index in [1.165, 1.54) is 12.0 Å². The van der Waals surface area contributed by atoms with Crippen LogP contribution in [0.5, 0.6) is 0 Å². The van der Waals surface area contributed by atoms with E-state index in [-0.39, 0.29) is 25.0 Å². The highest BCUT2D eigenvalue weighted by Crippen LogP contribution is 2.31. The minimum absolute atomic E-state index is 0.212. The van der Waals surface area contributed by atoms with E-state index in [1.54, 1.807) is 12.1 Å². The summed E-state index contributed by atoms with van der Waals surface area (Å²) < 4.78 is 7.21. The second-order valence-corrected chi connectivity index (χ2v) is 5.98. The van der Waals surface area contributed by atoms with Gasteiger partial charge in [-0.1, -0.05) is 0 Å². The molecule has 0 aromatic carbocycles. The average Bonchev–Trinajstić information content (AvgIpc) is 3.27. The van der Waals surface area contributed by atoms with Crippen LogP contribution in [0.25, 0.3) is 0 Å². The quantitative estimate of drug-likeness (QED) is 0.876. The van der Waals surface area contributed by atoms with Crippen molar-refractivity contribution in [1.29, 1.82) is 0 Å². The highest BCUT2D eigenvalue weighted by molar-refractivity contribution is 5.95. The van der Waals surface area contributed by atoms with Crippen LogP contribution in [0.4, 0.5) is 4.79 Å². The zero-order chi connectivity index (χ0) is 16.9. The van der Waals surface area contributed by atoms with Crippen molar-refractivity contribution in [2.45, 2.75) is 25.4 Å². The number of imide groups is 1. The summed E-state index contributed by atoms with van der Waals surface area (Å²) in [5.74, 6) is 0.342. The Morgan fingerprint density at radius 2 is 2.21 bits per heavy atom. The third-order valence-electron chi connectivity index (χ3n) is 4.29. The molecule has 0 radical (unpaired) electrons. The van der Waals surface area contributed by atoms with Crippen LogP contribution in [-0.2, 0) is 18.4 Å². The molecule has 24 heavy (non-hydrogen) atoms. The predicted octanol–water partition coefficient (Wildman–Crippen LogP) is 1.78. The van der Waals surface area contributed by atoms with E-state index in [2.05, 4.69) is 26.2 Å². The van der Waals surface area contributed by atoms with Crippen molar-refractivity contribution in [3.8, 4) is 0 Å². The number of amides is 3. The lowest BCUT2D eigenvalue weighted by Gasteiger charge is -2.24. The van der Waals surface area contributed by atoms with Gasteiger partial charge in [0.25, 0.3) is 0 Å². The number of urea groups is 1. The highest BCUT2D eigenvalue weighted by Gasteiger charge is 2.29. The second-order valence-electron chi connectivity index (χ2n) is 5.98. The molecule has 1 atom stereocenters. The Morgan fingerprint density at radius 3 is 2.92 bits per heavy atom. The number of hydrogen-bond acceptors (Lipinski definition) is 4. The molecule has 0 saturated carbocycles. The fraction of sp³-hybridized carbons (Fsp3) is 0.412. The van der Waals surface area contributed by atoms with Crippen molar-refractivity contribution >= 4 is 11.9 Å². The maximum absolute atomic E-state index is 12.1. The molecule has 3 heterocycles. The van der Waals surface area contributed by atoms with Gasteiger partial charge in [0.05, 0.1) is 25.4 Å². The third-order valence-corrected chi connectivity index (χ3v) is 4.29. The van der Waals surface area contributed by atoms with Crippen molar-refractivity contribution in [3.63, 3.8) is 0 Å². The third kappa shape index (κ3) is 3.86. The molecule has 1 aliphatic rings. The van der Waals surface area contributed by atoms with Gasteiger partial charge in [0.1, 0.15) is 5.76 Å². The SMILES string of the molecule is Cn1cccc1[C@H]1CCCN1CC(=O)NC(=O)NCc1ccco1. The molecule has 3 amide bonds. The summed E-state index contributed by atoms with van der Waals surface area (Å²) in [5, 5.41) is 4.97. The summed E-state index contributed by atoms with van der Waals surface area (Å²) in [6.07, 6.45) is 5.62. The molecule has 1 saturated heterocycles. The summed E-state index contributed by atoms with van der Waals surface area (Å²) in [6, 6.07) is 7.31. The lowest BCUT2D eigenvalue weighted by molar-refractivity contribution is -0.121. The van der Waals surface area contributed by atoms with Gasteiger partial charge in [-0.25, -0.2) is 4.79 Å². The first-order chi connectivity index (χ1) is 11.6. The Hall–Kier alpha value is -2.54. The molecular formula is C17H22N4O3. The van der Waals surface area contributed by atoms with Crippen LogP contribution < -0.4 is 10.6 Å². The number of nitrogens with zero attached hydrogens (tertiary/aromatic N) is 2. The predicted molar refractivity (Wildman–Crippen MR) is 88.0 cm³/mol. The zero-order valence-electron chi connectivity index (χ0n) is 13.7. The van der Waals surface area contributed by atoms with Crippen molar-refractivity contribution in [3.05, 3.63) is 48.2 Å². The molecule has 2 aromatic rings. The summed E-state index contributed by atoms with van der Waals surface area (Å²) in [7, 11) is 2.01. The summed E-state index contributed by atoms with van der Waals surface area (Å²) in [5.41, 5.74) is 1.20. The summed E-state index contributed by atoms with van der Waals surface area (Å²) in [6.45, 7) is 1.32. The number of likely N-dealkylation sites (tertiary alicyclic amines) is 1. The normalized spacial score (nSPS) is 17.8. The van der Waals surface area contributed by atoms with E-state index in [1.807, 2.05) is 19.3 Å². The van der Waals surface area contributed by atoms with Gasteiger partial charge in [-0.3, -0.25) is 15.0 Å². The number of carbonyl (C=O) groups is 2. The van der Waals surface area contributed by atoms with Crippen molar-refractivity contribution < 1.29 is 14.0 Å². The molecular weight excluding hydrogens is 308 g/mol. The van der Waals surface area contributed by atoms with Crippen LogP contribution in [0.3, 0.4) is 0 Å². The Kier molecular flexibility index (Phi) is 5.00. The largest absolute Gasteiger partial charge is 0.467 e. The molecule has 2 aromatic heterocycles. The van der Waals surface area contributed by atoms with Gasteiger partial charge in [0.15, 0.2) is 0 Å². The number of aryl methyl sites for hydroxylation is 1. The van der Waals surface area contributed by atoms with E-state index >= 15 is 0 Å². The van der Waals surface area contributed by atoms with Gasteiger partial charge < -0.3 is 14.3 Å². The lowest BCUT2D eigenvalue weighted by Crippen LogP contribution is -2.44. The minimum Gasteiger partial charge on any atom is -0.467 e. The van der Waals surface area contributed by atoms with Crippen molar-refractivity contribution in [1.82, 2.24) is 20.1 Å². The lowest BCUT2D eigenvalue weighted by atomic mass is 10.1. The van der Waals surface area contributed by atoms with Crippen LogP contribution in [0, 0.1) is 0 Å². The monoisotopic (exact) mass is 330 g/mol. The number of furan rings is 1. The molecule has 0 bridgehead atoms. The number of aromatic nitrogens is 1. The Bertz CT molecular complexity index is 693. The molecule has 2 N–H and O–H groups in total. The number of rotatable bonds is 5. The van der Waals surface area contributed by atoms with Crippen molar-refractivity contribution in [2.75, 3.05) is 13.1 Å². The fourth-order valence-corrected chi connectivity index (χ4v) is 3.15. The van der Waals surface area contributed by atoms with Crippen molar-refractivity contribution in [2.24, 2.45) is 7.05 Å². The van der Waals surface area contributed by atoms with Gasteiger partial charge >= 0.3 is 6.03 Å². The van der Waals surface area contributed by atoms with Gasteiger partial charge in [0.2, 0.25) is 5.91 Å². The van der Waals surface area contributed by atoms with E-state index < -0.39 is 6.03 Å². The maximum atomic E-state index is 12.1. The number of carbonyl (C=O) groups excluding carboxylic acids is 2. The topological polar surface area (TPSA) is 79.5 Å². The van der Waals surface area contributed by atoms with E-state index in [4.69, 9.17) is 4.42 Å². The molecule has 128 valence electrons. The first kappa shape index (κ1) is 16.3. The van der Waals surface area contributed by atoms with Crippen LogP contribution >= 0.6 is 0 Å². The molecule has 3 rings (SSSR count). The van der Waals surface area contributed by atoms with Crippen LogP contribution in [-0.4, -0.2) is 34.5 Å². The minimum atomic E-state index is -0.508. The smallest absolute Gasteiger partial charge is 0.321 e. The van der Waals surface area contributed by atoms with Crippen LogP contribution in [0.1, 0.15) is 30.3 Å². The van der Waals surface area contributed by atoms with E-state index in [0.29, 0.717) is 5.76 Å². The molecule has 7 heteroatoms. The molecule has 7 nitrogen and oxygen atoms in total.